The number of pyridine rings is 1. The molecule has 0 bridgehead atoms. The fourth-order valence-corrected chi connectivity index (χ4v) is 2.85. The number of aromatic nitrogens is 1. The Kier molecular flexibility index (Phi) is 2.45. The first kappa shape index (κ1) is 11.3. The van der Waals surface area contributed by atoms with Crippen LogP contribution in [0.4, 0.5) is 0 Å². The molecule has 1 N–H and O–H groups in total. The molecule has 94 valence electrons. The quantitative estimate of drug-likeness (QED) is 0.808. The summed E-state index contributed by atoms with van der Waals surface area (Å²) in [7, 11) is 0. The number of nitrogens with zero attached hydrogens (tertiary/aromatic N) is 1. The minimum Gasteiger partial charge on any atom is -0.481 e. The van der Waals surface area contributed by atoms with E-state index in [1.54, 1.807) is 12.4 Å². The number of ketones is 1. The van der Waals surface area contributed by atoms with Crippen LogP contribution in [0, 0.1) is 5.92 Å². The van der Waals surface area contributed by atoms with Gasteiger partial charge in [0.25, 0.3) is 0 Å². The molecule has 1 aliphatic heterocycles. The number of carbonyl (C=O) groups excluding carboxylic acids is 1. The Bertz CT molecular complexity index is 527. The third-order valence-corrected chi connectivity index (χ3v) is 3.90. The molecule has 0 radical (unpaired) electrons. The average Bonchev–Trinajstić information content (AvgIpc) is 2.73. The van der Waals surface area contributed by atoms with Crippen molar-refractivity contribution >= 4 is 11.8 Å². The molecule has 0 unspecified atom stereocenters. The second-order valence-corrected chi connectivity index (χ2v) is 4.85. The maximum absolute atomic E-state index is 12.3. The van der Waals surface area contributed by atoms with Gasteiger partial charge in [-0.3, -0.25) is 14.6 Å². The van der Waals surface area contributed by atoms with E-state index in [0.717, 1.165) is 11.1 Å². The first-order valence-electron chi connectivity index (χ1n) is 5.97. The van der Waals surface area contributed by atoms with E-state index in [1.165, 1.54) is 0 Å². The largest absolute Gasteiger partial charge is 0.481 e. The molecule has 0 saturated heterocycles. The molecule has 1 spiro atoms. The summed E-state index contributed by atoms with van der Waals surface area (Å²) in [4.78, 5) is 27.3. The smallest absolute Gasteiger partial charge is 0.306 e. The van der Waals surface area contributed by atoms with E-state index >= 15 is 0 Å². The first-order chi connectivity index (χ1) is 8.63. The number of hydrogen-bond acceptors (Lipinski definition) is 4. The van der Waals surface area contributed by atoms with Crippen LogP contribution >= 0.6 is 0 Å². The Labute approximate surface area is 104 Å². The number of ether oxygens (including phenoxy) is 1. The van der Waals surface area contributed by atoms with E-state index in [2.05, 4.69) is 4.98 Å². The molecule has 1 fully saturated rings. The maximum Gasteiger partial charge on any atom is 0.306 e. The number of aliphatic carboxylic acids is 1. The summed E-state index contributed by atoms with van der Waals surface area (Å²) in [6.07, 6.45) is 4.29. The number of fused-ring (bicyclic) bond motifs is 2. The molecule has 5 heteroatoms. The Morgan fingerprint density at radius 2 is 2.39 bits per heavy atom. The molecule has 1 aromatic heterocycles. The van der Waals surface area contributed by atoms with Gasteiger partial charge in [0, 0.05) is 24.4 Å². The SMILES string of the molecule is O=C(O)[C@@H]1CC[C@]2(OCc3ccncc32)C(=O)C1. The summed E-state index contributed by atoms with van der Waals surface area (Å²) >= 11 is 0. The van der Waals surface area contributed by atoms with Gasteiger partial charge in [0.2, 0.25) is 0 Å². The second kappa shape index (κ2) is 3.88. The molecule has 2 atom stereocenters. The van der Waals surface area contributed by atoms with Crippen molar-refractivity contribution in [2.24, 2.45) is 5.92 Å². The van der Waals surface area contributed by atoms with Gasteiger partial charge >= 0.3 is 5.97 Å². The third-order valence-electron chi connectivity index (χ3n) is 3.90. The zero-order valence-electron chi connectivity index (χ0n) is 9.76. The minimum atomic E-state index is -0.935. The van der Waals surface area contributed by atoms with Gasteiger partial charge in [-0.25, -0.2) is 0 Å². The van der Waals surface area contributed by atoms with Crippen molar-refractivity contribution in [2.45, 2.75) is 31.5 Å². The van der Waals surface area contributed by atoms with Crippen molar-refractivity contribution < 1.29 is 19.4 Å². The van der Waals surface area contributed by atoms with Gasteiger partial charge in [0.1, 0.15) is 0 Å². The second-order valence-electron chi connectivity index (χ2n) is 4.85. The van der Waals surface area contributed by atoms with Crippen LogP contribution in [0.5, 0.6) is 0 Å². The van der Waals surface area contributed by atoms with Crippen LogP contribution in [-0.4, -0.2) is 21.8 Å². The van der Waals surface area contributed by atoms with Crippen LogP contribution in [0.15, 0.2) is 18.5 Å². The van der Waals surface area contributed by atoms with Crippen molar-refractivity contribution in [1.29, 1.82) is 0 Å². The lowest BCUT2D eigenvalue weighted by Crippen LogP contribution is -2.42. The van der Waals surface area contributed by atoms with Crippen molar-refractivity contribution in [3.05, 3.63) is 29.6 Å². The normalized spacial score (nSPS) is 30.4. The molecule has 0 amide bonds. The minimum absolute atomic E-state index is 0.0453. The molecule has 1 aromatic rings. The molecule has 3 rings (SSSR count). The molecular formula is C13H13NO4. The first-order valence-corrected chi connectivity index (χ1v) is 5.97. The molecule has 1 aliphatic carbocycles. The number of carboxylic acid groups (broad SMARTS) is 1. The van der Waals surface area contributed by atoms with Crippen LogP contribution in [0.2, 0.25) is 0 Å². The van der Waals surface area contributed by atoms with E-state index in [4.69, 9.17) is 9.84 Å². The van der Waals surface area contributed by atoms with Gasteiger partial charge in [-0.1, -0.05) is 0 Å². The Morgan fingerprint density at radius 3 is 3.11 bits per heavy atom. The number of carboxylic acids is 1. The molecule has 18 heavy (non-hydrogen) atoms. The fraction of sp³-hybridized carbons (Fsp3) is 0.462. The highest BCUT2D eigenvalue weighted by atomic mass is 16.5. The Balaban J connectivity index is 1.95. The van der Waals surface area contributed by atoms with E-state index in [-0.39, 0.29) is 12.2 Å². The topological polar surface area (TPSA) is 76.5 Å². The van der Waals surface area contributed by atoms with Gasteiger partial charge < -0.3 is 9.84 Å². The molecule has 0 aromatic carbocycles. The van der Waals surface area contributed by atoms with Gasteiger partial charge in [-0.05, 0) is 24.5 Å². The Hall–Kier alpha value is -1.75. The van der Waals surface area contributed by atoms with Gasteiger partial charge in [-0.2, -0.15) is 0 Å². The van der Waals surface area contributed by atoms with Crippen LogP contribution in [0.1, 0.15) is 30.4 Å². The van der Waals surface area contributed by atoms with Crippen molar-refractivity contribution in [3.63, 3.8) is 0 Å². The van der Waals surface area contributed by atoms with Crippen molar-refractivity contribution in [2.75, 3.05) is 0 Å². The predicted molar refractivity (Wildman–Crippen MR) is 60.7 cm³/mol. The van der Waals surface area contributed by atoms with Crippen molar-refractivity contribution in [1.82, 2.24) is 4.98 Å². The third kappa shape index (κ3) is 1.47. The highest BCUT2D eigenvalue weighted by molar-refractivity contribution is 5.93. The number of hydrogen-bond donors (Lipinski definition) is 1. The summed E-state index contributed by atoms with van der Waals surface area (Å²) in [5.41, 5.74) is 0.862. The zero-order chi connectivity index (χ0) is 12.8. The summed E-state index contributed by atoms with van der Waals surface area (Å²) in [5.74, 6) is -1.61. The van der Waals surface area contributed by atoms with Gasteiger partial charge in [-0.15, -0.1) is 0 Å². The molecule has 1 saturated carbocycles. The molecule has 2 aliphatic rings. The fourth-order valence-electron chi connectivity index (χ4n) is 2.85. The molecule has 2 heterocycles. The van der Waals surface area contributed by atoms with Gasteiger partial charge in [0.05, 0.1) is 12.5 Å². The summed E-state index contributed by atoms with van der Waals surface area (Å²) in [5, 5.41) is 8.98. The highest BCUT2D eigenvalue weighted by Gasteiger charge is 2.50. The van der Waals surface area contributed by atoms with E-state index in [9.17, 15) is 9.59 Å². The Morgan fingerprint density at radius 1 is 1.56 bits per heavy atom. The maximum atomic E-state index is 12.3. The number of carbonyl (C=O) groups is 2. The van der Waals surface area contributed by atoms with Crippen LogP contribution in [0.3, 0.4) is 0 Å². The lowest BCUT2D eigenvalue weighted by atomic mass is 9.74. The number of Topliss-reactive ketones (excluding diaryl/α,β-unsaturated/α-hetero) is 1. The predicted octanol–water partition coefficient (Wildman–Crippen LogP) is 1.26. The average molecular weight is 247 g/mol. The summed E-state index contributed by atoms with van der Waals surface area (Å²) < 4.78 is 5.71. The van der Waals surface area contributed by atoms with Crippen LogP contribution < -0.4 is 0 Å². The van der Waals surface area contributed by atoms with Gasteiger partial charge in [0.15, 0.2) is 11.4 Å². The highest BCUT2D eigenvalue weighted by Crippen LogP contribution is 2.45. The van der Waals surface area contributed by atoms with E-state index < -0.39 is 17.5 Å². The van der Waals surface area contributed by atoms with E-state index in [1.807, 2.05) is 6.07 Å². The zero-order valence-corrected chi connectivity index (χ0v) is 9.76. The van der Waals surface area contributed by atoms with E-state index in [0.29, 0.717) is 19.4 Å². The molecular weight excluding hydrogens is 234 g/mol. The molecule has 5 nitrogen and oxygen atoms in total. The van der Waals surface area contributed by atoms with Crippen molar-refractivity contribution in [3.8, 4) is 0 Å². The lowest BCUT2D eigenvalue weighted by molar-refractivity contribution is -0.159. The van der Waals surface area contributed by atoms with Crippen LogP contribution in [0.25, 0.3) is 0 Å². The van der Waals surface area contributed by atoms with Crippen LogP contribution in [-0.2, 0) is 26.5 Å². The number of rotatable bonds is 1. The lowest BCUT2D eigenvalue weighted by Gasteiger charge is -2.34. The summed E-state index contributed by atoms with van der Waals surface area (Å²) in [6, 6.07) is 1.85. The standard InChI is InChI=1S/C13H13NO4/c15-11-5-8(12(16)17)1-3-13(11)10-6-14-4-2-9(10)7-18-13/h2,4,6,8H,1,3,5,7H2,(H,16,17)/t8-,13-/m1/s1. The summed E-state index contributed by atoms with van der Waals surface area (Å²) in [6.45, 7) is 0.404. The monoisotopic (exact) mass is 247 g/mol.